The highest BCUT2D eigenvalue weighted by Crippen LogP contribution is 2.43. The van der Waals surface area contributed by atoms with Crippen LogP contribution in [0.5, 0.6) is 0 Å². The number of aliphatic hydroxyl groups excluding tert-OH is 1. The molecular formula is C13H17F3N2O. The molecule has 0 saturated heterocycles. The topological polar surface area (TPSA) is 59.1 Å². The fraction of sp³-hybridized carbons (Fsp3) is 0.615. The van der Waals surface area contributed by atoms with Crippen LogP contribution in [0.25, 0.3) is 0 Å². The van der Waals surface area contributed by atoms with Crippen LogP contribution in [0.3, 0.4) is 0 Å². The van der Waals surface area contributed by atoms with Gasteiger partial charge in [0, 0.05) is 18.2 Å². The Kier molecular flexibility index (Phi) is 3.82. The molecule has 3 nitrogen and oxygen atoms in total. The lowest BCUT2D eigenvalue weighted by molar-refractivity contribution is -0.139. The molecule has 0 aliphatic heterocycles. The van der Waals surface area contributed by atoms with Gasteiger partial charge in [-0.2, -0.15) is 13.2 Å². The molecule has 19 heavy (non-hydrogen) atoms. The quantitative estimate of drug-likeness (QED) is 0.869. The Labute approximate surface area is 109 Å². The molecule has 0 amide bonds. The van der Waals surface area contributed by atoms with Gasteiger partial charge in [-0.3, -0.25) is 4.98 Å². The molecule has 0 spiro atoms. The van der Waals surface area contributed by atoms with Crippen molar-refractivity contribution in [1.82, 2.24) is 4.98 Å². The summed E-state index contributed by atoms with van der Waals surface area (Å²) in [5.41, 5.74) is 4.28. The van der Waals surface area contributed by atoms with Gasteiger partial charge in [-0.05, 0) is 37.8 Å². The van der Waals surface area contributed by atoms with Crippen molar-refractivity contribution in [3.05, 3.63) is 29.6 Å². The van der Waals surface area contributed by atoms with Crippen molar-refractivity contribution >= 4 is 0 Å². The highest BCUT2D eigenvalue weighted by atomic mass is 19.4. The van der Waals surface area contributed by atoms with Crippen LogP contribution in [0.15, 0.2) is 18.3 Å². The van der Waals surface area contributed by atoms with Gasteiger partial charge in [-0.15, -0.1) is 0 Å². The van der Waals surface area contributed by atoms with E-state index in [9.17, 15) is 18.3 Å². The second-order valence-electron chi connectivity index (χ2n) is 5.11. The molecule has 1 aliphatic rings. The summed E-state index contributed by atoms with van der Waals surface area (Å²) in [5, 5.41) is 9.53. The van der Waals surface area contributed by atoms with E-state index in [0.717, 1.165) is 6.07 Å². The van der Waals surface area contributed by atoms with E-state index in [1.165, 1.54) is 12.3 Å². The van der Waals surface area contributed by atoms with E-state index < -0.39 is 23.3 Å². The molecule has 1 aromatic rings. The summed E-state index contributed by atoms with van der Waals surface area (Å²) < 4.78 is 39.2. The Balaban J connectivity index is 2.44. The van der Waals surface area contributed by atoms with Gasteiger partial charge in [0.1, 0.15) is 0 Å². The summed E-state index contributed by atoms with van der Waals surface area (Å²) in [6, 6.07) is 2.33. The molecule has 6 heteroatoms. The van der Waals surface area contributed by atoms with Crippen LogP contribution in [0.2, 0.25) is 0 Å². The Morgan fingerprint density at radius 1 is 1.37 bits per heavy atom. The van der Waals surface area contributed by atoms with Gasteiger partial charge >= 0.3 is 6.18 Å². The largest absolute Gasteiger partial charge is 0.418 e. The molecule has 0 aromatic carbocycles. The van der Waals surface area contributed by atoms with Crippen molar-refractivity contribution < 1.29 is 18.3 Å². The first kappa shape index (κ1) is 14.3. The second kappa shape index (κ2) is 5.09. The lowest BCUT2D eigenvalue weighted by Crippen LogP contribution is -2.42. The Morgan fingerprint density at radius 2 is 2.00 bits per heavy atom. The van der Waals surface area contributed by atoms with E-state index in [0.29, 0.717) is 25.7 Å². The summed E-state index contributed by atoms with van der Waals surface area (Å²) in [6.45, 7) is 0.111. The Hall–Kier alpha value is -1.14. The molecule has 0 bridgehead atoms. The molecule has 106 valence electrons. The number of hydrogen-bond donors (Lipinski definition) is 2. The average molecular weight is 274 g/mol. The van der Waals surface area contributed by atoms with Crippen molar-refractivity contribution in [3.63, 3.8) is 0 Å². The van der Waals surface area contributed by atoms with E-state index in [-0.39, 0.29) is 12.2 Å². The van der Waals surface area contributed by atoms with E-state index in [2.05, 4.69) is 4.98 Å². The predicted octanol–water partition coefficient (Wildman–Crippen LogP) is 2.23. The zero-order valence-electron chi connectivity index (χ0n) is 10.5. The van der Waals surface area contributed by atoms with Gasteiger partial charge < -0.3 is 10.8 Å². The molecule has 0 radical (unpaired) electrons. The average Bonchev–Trinajstić information content (AvgIpc) is 2.39. The first-order chi connectivity index (χ1) is 8.89. The predicted molar refractivity (Wildman–Crippen MR) is 64.4 cm³/mol. The van der Waals surface area contributed by atoms with Gasteiger partial charge in [0.2, 0.25) is 0 Å². The standard InChI is InChI=1S/C13H17F3N2O/c14-13(15,16)10-2-1-7-18-11(10)12(8-17)5-3-9(19)4-6-12/h1-2,7,9,19H,3-6,8,17H2. The highest BCUT2D eigenvalue weighted by molar-refractivity contribution is 5.31. The highest BCUT2D eigenvalue weighted by Gasteiger charge is 2.43. The maximum Gasteiger partial charge on any atom is 0.418 e. The monoisotopic (exact) mass is 274 g/mol. The normalized spacial score (nSPS) is 28.4. The van der Waals surface area contributed by atoms with E-state index in [1.54, 1.807) is 0 Å². The maximum atomic E-state index is 13.1. The van der Waals surface area contributed by atoms with Crippen molar-refractivity contribution in [2.24, 2.45) is 5.73 Å². The van der Waals surface area contributed by atoms with Crippen molar-refractivity contribution in [2.75, 3.05) is 6.54 Å². The lowest BCUT2D eigenvalue weighted by Gasteiger charge is -2.38. The summed E-state index contributed by atoms with van der Waals surface area (Å²) in [4.78, 5) is 3.96. The third-order valence-electron chi connectivity index (χ3n) is 3.92. The van der Waals surface area contributed by atoms with E-state index in [1.807, 2.05) is 0 Å². The lowest BCUT2D eigenvalue weighted by atomic mass is 9.69. The van der Waals surface area contributed by atoms with Crippen LogP contribution in [0.1, 0.15) is 36.9 Å². The van der Waals surface area contributed by atoms with Crippen molar-refractivity contribution in [3.8, 4) is 0 Å². The molecule has 0 unspecified atom stereocenters. The third kappa shape index (κ3) is 2.74. The number of hydrogen-bond acceptors (Lipinski definition) is 3. The number of aliphatic hydroxyl groups is 1. The Bertz CT molecular complexity index is 440. The summed E-state index contributed by atoms with van der Waals surface area (Å²) in [5.74, 6) is 0. The van der Waals surface area contributed by atoms with E-state index in [4.69, 9.17) is 5.73 Å². The van der Waals surface area contributed by atoms with Crippen LogP contribution in [0.4, 0.5) is 13.2 Å². The molecule has 3 N–H and O–H groups in total. The SMILES string of the molecule is NCC1(c2ncccc2C(F)(F)F)CCC(O)CC1. The smallest absolute Gasteiger partial charge is 0.393 e. The first-order valence-electron chi connectivity index (χ1n) is 6.30. The van der Waals surface area contributed by atoms with Gasteiger partial charge in [-0.1, -0.05) is 0 Å². The number of alkyl halides is 3. The molecule has 1 fully saturated rings. The second-order valence-corrected chi connectivity index (χ2v) is 5.11. The van der Waals surface area contributed by atoms with Crippen LogP contribution >= 0.6 is 0 Å². The molecule has 0 atom stereocenters. The van der Waals surface area contributed by atoms with Gasteiger partial charge in [0.05, 0.1) is 17.4 Å². The van der Waals surface area contributed by atoms with Crippen LogP contribution in [-0.2, 0) is 11.6 Å². The molecule has 1 heterocycles. The van der Waals surface area contributed by atoms with Crippen LogP contribution in [0, 0.1) is 0 Å². The Morgan fingerprint density at radius 3 is 2.53 bits per heavy atom. The molecular weight excluding hydrogens is 257 g/mol. The number of pyridine rings is 1. The van der Waals surface area contributed by atoms with E-state index >= 15 is 0 Å². The maximum absolute atomic E-state index is 13.1. The number of nitrogens with zero attached hydrogens (tertiary/aromatic N) is 1. The minimum Gasteiger partial charge on any atom is -0.393 e. The van der Waals surface area contributed by atoms with Crippen molar-refractivity contribution in [1.29, 1.82) is 0 Å². The van der Waals surface area contributed by atoms with Gasteiger partial charge in [0.25, 0.3) is 0 Å². The van der Waals surface area contributed by atoms with Crippen LogP contribution in [-0.4, -0.2) is 22.7 Å². The zero-order chi connectivity index (χ0) is 14.1. The minimum absolute atomic E-state index is 0.0249. The fourth-order valence-electron chi connectivity index (χ4n) is 2.75. The van der Waals surface area contributed by atoms with Gasteiger partial charge in [0.15, 0.2) is 0 Å². The van der Waals surface area contributed by atoms with Crippen LogP contribution < -0.4 is 5.73 Å². The molecule has 1 saturated carbocycles. The minimum atomic E-state index is -4.43. The third-order valence-corrected chi connectivity index (χ3v) is 3.92. The van der Waals surface area contributed by atoms with Crippen molar-refractivity contribution in [2.45, 2.75) is 43.4 Å². The number of nitrogens with two attached hydrogens (primary N) is 1. The molecule has 2 rings (SSSR count). The fourth-order valence-corrected chi connectivity index (χ4v) is 2.75. The number of halogens is 3. The summed E-state index contributed by atoms with van der Waals surface area (Å²) >= 11 is 0. The first-order valence-corrected chi connectivity index (χ1v) is 6.30. The molecule has 1 aromatic heterocycles. The summed E-state index contributed by atoms with van der Waals surface area (Å²) in [6.07, 6.45) is -1.71. The number of rotatable bonds is 2. The van der Waals surface area contributed by atoms with Gasteiger partial charge in [-0.25, -0.2) is 0 Å². The molecule has 1 aliphatic carbocycles. The number of aromatic nitrogens is 1. The summed E-state index contributed by atoms with van der Waals surface area (Å²) in [7, 11) is 0. The zero-order valence-corrected chi connectivity index (χ0v) is 10.5.